The summed E-state index contributed by atoms with van der Waals surface area (Å²) in [5.74, 6) is -3.11. The molecule has 2 fully saturated rings. The number of amides is 1. The topological polar surface area (TPSA) is 98.7 Å². The van der Waals surface area contributed by atoms with E-state index in [-0.39, 0.29) is 17.8 Å². The van der Waals surface area contributed by atoms with E-state index in [2.05, 4.69) is 5.32 Å². The first-order valence-corrected chi connectivity index (χ1v) is 6.52. The van der Waals surface area contributed by atoms with Gasteiger partial charge in [-0.3, -0.25) is 4.79 Å². The lowest BCUT2D eigenvalue weighted by molar-refractivity contribution is -0.313. The molecule has 20 heavy (non-hydrogen) atoms. The van der Waals surface area contributed by atoms with E-state index in [0.717, 1.165) is 0 Å². The van der Waals surface area contributed by atoms with Crippen LogP contribution in [0.3, 0.4) is 0 Å². The molecule has 0 radical (unpaired) electrons. The molecule has 0 aliphatic carbocycles. The highest BCUT2D eigenvalue weighted by molar-refractivity contribution is 5.96. The summed E-state index contributed by atoms with van der Waals surface area (Å²) in [6.07, 6.45) is 0.592. The van der Waals surface area contributed by atoms with E-state index in [9.17, 15) is 19.8 Å². The van der Waals surface area contributed by atoms with Crippen LogP contribution in [0, 0.1) is 11.8 Å². The molecule has 6 nitrogen and oxygen atoms in total. The standard InChI is InChI=1S/C14H15NO5/c16-8-3-1-7(2-4-8)15-13(17)11-9-5-6-10(20-9)12(11)14(18)19/h1-4,9-12,16H,5-6H2,(H,15,17)(H,18,19)/p-1/t9-,10+,11+,12-/m1/s1. The minimum atomic E-state index is -1.23. The van der Waals surface area contributed by atoms with Gasteiger partial charge in [0.15, 0.2) is 0 Å². The normalized spacial score (nSPS) is 31.2. The molecule has 2 heterocycles. The van der Waals surface area contributed by atoms with Crippen LogP contribution in [0.15, 0.2) is 24.3 Å². The predicted octanol–water partition coefficient (Wildman–Crippen LogP) is -0.126. The zero-order valence-electron chi connectivity index (χ0n) is 10.6. The minimum Gasteiger partial charge on any atom is -0.550 e. The second-order valence-electron chi connectivity index (χ2n) is 5.20. The number of carbonyl (C=O) groups excluding carboxylic acids is 2. The quantitative estimate of drug-likeness (QED) is 0.750. The van der Waals surface area contributed by atoms with Gasteiger partial charge in [-0.05, 0) is 37.1 Å². The van der Waals surface area contributed by atoms with Crippen molar-refractivity contribution in [2.45, 2.75) is 25.0 Å². The maximum absolute atomic E-state index is 12.3. The van der Waals surface area contributed by atoms with Crippen molar-refractivity contribution in [2.24, 2.45) is 11.8 Å². The summed E-state index contributed by atoms with van der Waals surface area (Å²) >= 11 is 0. The number of fused-ring (bicyclic) bond motifs is 2. The molecular formula is C14H14NO5-. The molecule has 6 heteroatoms. The molecule has 1 aromatic rings. The summed E-state index contributed by atoms with van der Waals surface area (Å²) in [4.78, 5) is 23.5. The lowest BCUT2D eigenvalue weighted by Crippen LogP contribution is -2.46. The van der Waals surface area contributed by atoms with Gasteiger partial charge in [0.25, 0.3) is 0 Å². The summed E-state index contributed by atoms with van der Waals surface area (Å²) in [5, 5.41) is 23.0. The number of benzene rings is 1. The van der Waals surface area contributed by atoms with Gasteiger partial charge in [0.2, 0.25) is 5.91 Å². The van der Waals surface area contributed by atoms with Crippen molar-refractivity contribution in [3.63, 3.8) is 0 Å². The largest absolute Gasteiger partial charge is 0.550 e. The van der Waals surface area contributed by atoms with Crippen molar-refractivity contribution < 1.29 is 24.5 Å². The third-order valence-corrected chi connectivity index (χ3v) is 3.98. The molecule has 1 amide bonds. The van der Waals surface area contributed by atoms with E-state index in [4.69, 9.17) is 4.74 Å². The number of phenols is 1. The first-order chi connectivity index (χ1) is 9.56. The zero-order valence-corrected chi connectivity index (χ0v) is 10.6. The van der Waals surface area contributed by atoms with E-state index in [1.165, 1.54) is 12.1 Å². The SMILES string of the molecule is O=C(Nc1ccc(O)cc1)[C@@H]1[C@H](C(=O)[O-])[C@@H]2CC[C@H]1O2. The average Bonchev–Trinajstić information content (AvgIpc) is 3.01. The van der Waals surface area contributed by atoms with Crippen LogP contribution in [-0.2, 0) is 14.3 Å². The Labute approximate surface area is 115 Å². The molecule has 2 saturated heterocycles. The van der Waals surface area contributed by atoms with Gasteiger partial charge in [0, 0.05) is 17.6 Å². The molecule has 0 saturated carbocycles. The Kier molecular flexibility index (Phi) is 3.10. The number of hydrogen-bond donors (Lipinski definition) is 2. The van der Waals surface area contributed by atoms with E-state index >= 15 is 0 Å². The Morgan fingerprint density at radius 3 is 2.35 bits per heavy atom. The van der Waals surface area contributed by atoms with E-state index < -0.39 is 23.9 Å². The molecule has 106 valence electrons. The number of phenolic OH excluding ortho intramolecular Hbond substituents is 1. The van der Waals surface area contributed by atoms with Gasteiger partial charge in [-0.15, -0.1) is 0 Å². The molecule has 2 aliphatic heterocycles. The molecule has 1 aromatic carbocycles. The average molecular weight is 276 g/mol. The Bertz CT molecular complexity index is 541. The first-order valence-electron chi connectivity index (χ1n) is 6.52. The van der Waals surface area contributed by atoms with Crippen LogP contribution in [0.1, 0.15) is 12.8 Å². The van der Waals surface area contributed by atoms with Crippen LogP contribution in [0.5, 0.6) is 5.75 Å². The second-order valence-corrected chi connectivity index (χ2v) is 5.20. The number of hydrogen-bond acceptors (Lipinski definition) is 5. The van der Waals surface area contributed by atoms with Gasteiger partial charge in [-0.1, -0.05) is 0 Å². The van der Waals surface area contributed by atoms with Crippen LogP contribution in [0.2, 0.25) is 0 Å². The number of carboxylic acids is 1. The number of aliphatic carboxylic acids is 1. The van der Waals surface area contributed by atoms with Crippen molar-refractivity contribution in [2.75, 3.05) is 5.32 Å². The molecule has 4 atom stereocenters. The summed E-state index contributed by atoms with van der Waals surface area (Å²) in [6.45, 7) is 0. The molecular weight excluding hydrogens is 262 g/mol. The highest BCUT2D eigenvalue weighted by atomic mass is 16.5. The Morgan fingerprint density at radius 1 is 1.15 bits per heavy atom. The van der Waals surface area contributed by atoms with E-state index in [1.54, 1.807) is 12.1 Å². The molecule has 0 unspecified atom stereocenters. The summed E-state index contributed by atoms with van der Waals surface area (Å²) in [7, 11) is 0. The lowest BCUT2D eigenvalue weighted by Gasteiger charge is -2.27. The van der Waals surface area contributed by atoms with Crippen LogP contribution >= 0.6 is 0 Å². The Balaban J connectivity index is 1.76. The number of aromatic hydroxyl groups is 1. The molecule has 3 rings (SSSR count). The first kappa shape index (κ1) is 12.9. The van der Waals surface area contributed by atoms with Gasteiger partial charge in [-0.25, -0.2) is 0 Å². The molecule has 2 aliphatic rings. The van der Waals surface area contributed by atoms with E-state index in [0.29, 0.717) is 18.5 Å². The number of carboxylic acid groups (broad SMARTS) is 1. The highest BCUT2D eigenvalue weighted by Gasteiger charge is 2.52. The predicted molar refractivity (Wildman–Crippen MR) is 66.6 cm³/mol. The molecule has 2 bridgehead atoms. The Morgan fingerprint density at radius 2 is 1.75 bits per heavy atom. The Hall–Kier alpha value is -2.08. The van der Waals surface area contributed by atoms with Crippen molar-refractivity contribution in [1.29, 1.82) is 0 Å². The number of rotatable bonds is 3. The van der Waals surface area contributed by atoms with Crippen molar-refractivity contribution >= 4 is 17.6 Å². The highest BCUT2D eigenvalue weighted by Crippen LogP contribution is 2.43. The van der Waals surface area contributed by atoms with Gasteiger partial charge in [-0.2, -0.15) is 0 Å². The van der Waals surface area contributed by atoms with E-state index in [1.807, 2.05) is 0 Å². The minimum absolute atomic E-state index is 0.0962. The fourth-order valence-electron chi connectivity index (χ4n) is 3.08. The maximum atomic E-state index is 12.3. The van der Waals surface area contributed by atoms with Crippen LogP contribution in [0.4, 0.5) is 5.69 Å². The number of ether oxygens (including phenoxy) is 1. The third kappa shape index (κ3) is 2.12. The molecule has 0 spiro atoms. The van der Waals surface area contributed by atoms with Crippen LogP contribution in [-0.4, -0.2) is 29.2 Å². The summed E-state index contributed by atoms with van der Waals surface area (Å²) in [5.41, 5.74) is 0.507. The fourth-order valence-corrected chi connectivity index (χ4v) is 3.08. The summed E-state index contributed by atoms with van der Waals surface area (Å²) < 4.78 is 5.52. The second kappa shape index (κ2) is 4.79. The zero-order chi connectivity index (χ0) is 14.3. The van der Waals surface area contributed by atoms with Crippen LogP contribution < -0.4 is 10.4 Å². The van der Waals surface area contributed by atoms with Gasteiger partial charge < -0.3 is 25.1 Å². The lowest BCUT2D eigenvalue weighted by atomic mass is 9.78. The van der Waals surface area contributed by atoms with Gasteiger partial charge in [0.1, 0.15) is 5.75 Å². The molecule has 0 aromatic heterocycles. The van der Waals surface area contributed by atoms with Crippen molar-refractivity contribution in [1.82, 2.24) is 0 Å². The monoisotopic (exact) mass is 276 g/mol. The van der Waals surface area contributed by atoms with Crippen molar-refractivity contribution in [3.8, 4) is 5.75 Å². The van der Waals surface area contributed by atoms with Gasteiger partial charge >= 0.3 is 0 Å². The summed E-state index contributed by atoms with van der Waals surface area (Å²) in [6, 6.07) is 6.00. The fraction of sp³-hybridized carbons (Fsp3) is 0.429. The molecule has 2 N–H and O–H groups in total. The van der Waals surface area contributed by atoms with Crippen molar-refractivity contribution in [3.05, 3.63) is 24.3 Å². The third-order valence-electron chi connectivity index (χ3n) is 3.98. The number of nitrogens with one attached hydrogen (secondary N) is 1. The number of carbonyl (C=O) groups is 2. The van der Waals surface area contributed by atoms with Gasteiger partial charge in [0.05, 0.1) is 18.1 Å². The smallest absolute Gasteiger partial charge is 0.230 e. The maximum Gasteiger partial charge on any atom is 0.230 e. The van der Waals surface area contributed by atoms with Crippen LogP contribution in [0.25, 0.3) is 0 Å². The number of anilines is 1.